The maximum atomic E-state index is 14.2. The summed E-state index contributed by atoms with van der Waals surface area (Å²) in [5, 5.41) is 5.69. The van der Waals surface area contributed by atoms with Gasteiger partial charge < -0.3 is 9.47 Å². The number of H-pyrrole nitrogens is 1. The van der Waals surface area contributed by atoms with Crippen molar-refractivity contribution in [3.8, 4) is 11.4 Å². The van der Waals surface area contributed by atoms with Crippen LogP contribution in [0.3, 0.4) is 0 Å². The van der Waals surface area contributed by atoms with Crippen LogP contribution in [0.15, 0.2) is 77.6 Å². The highest BCUT2D eigenvalue weighted by Crippen LogP contribution is 2.36. The summed E-state index contributed by atoms with van der Waals surface area (Å²) in [7, 11) is 0. The van der Waals surface area contributed by atoms with Crippen LogP contribution in [0.2, 0.25) is 15.1 Å². The van der Waals surface area contributed by atoms with Crippen LogP contribution in [0.25, 0.3) is 5.69 Å². The van der Waals surface area contributed by atoms with E-state index in [-0.39, 0.29) is 32.0 Å². The number of halogens is 4. The number of unbranched alkanes of at least 4 members (excludes halogenated alkanes) is 4. The Bertz CT molecular complexity index is 1690. The number of anilines is 3. The molecule has 0 saturated heterocycles. The standard InChI is InChI=1S/C35H38Cl4N4O5/c1-3-4-5-6-13-18-27(20-19-23(2)36)47-35(46)42(26-16-11-8-12-17-26)32-31(48-34(45)40-25-14-9-7-10-15-25)33(44)43(41-32)30-28(38)21-24(37)22-29(30)39/h7-12,14-17,21-23,27,41H,3-6,13,18-20H2,1-2H3,(H,40,45). The fourth-order valence-electron chi connectivity index (χ4n) is 5.07. The minimum atomic E-state index is -0.971. The molecule has 48 heavy (non-hydrogen) atoms. The number of alkyl halides is 1. The molecule has 0 aliphatic carbocycles. The molecule has 0 bridgehead atoms. The lowest BCUT2D eigenvalue weighted by atomic mass is 10.0. The van der Waals surface area contributed by atoms with Gasteiger partial charge in [-0.25, -0.2) is 19.2 Å². The number of amides is 2. The molecule has 2 atom stereocenters. The predicted octanol–water partition coefficient (Wildman–Crippen LogP) is 11.1. The Labute approximate surface area is 300 Å². The summed E-state index contributed by atoms with van der Waals surface area (Å²) < 4.78 is 12.7. The molecule has 1 heterocycles. The van der Waals surface area contributed by atoms with Gasteiger partial charge >= 0.3 is 17.7 Å². The molecule has 4 rings (SSSR count). The van der Waals surface area contributed by atoms with E-state index in [1.54, 1.807) is 60.7 Å². The molecule has 2 amide bonds. The van der Waals surface area contributed by atoms with E-state index in [9.17, 15) is 14.4 Å². The molecule has 3 aromatic carbocycles. The predicted molar refractivity (Wildman–Crippen MR) is 194 cm³/mol. The van der Waals surface area contributed by atoms with Crippen molar-refractivity contribution in [3.63, 3.8) is 0 Å². The summed E-state index contributed by atoms with van der Waals surface area (Å²) in [5.74, 6) is -0.689. The van der Waals surface area contributed by atoms with E-state index >= 15 is 0 Å². The Morgan fingerprint density at radius 3 is 2.15 bits per heavy atom. The quantitative estimate of drug-likeness (QED) is 0.0934. The first-order chi connectivity index (χ1) is 23.1. The van der Waals surface area contributed by atoms with Gasteiger partial charge in [-0.2, -0.15) is 0 Å². The Kier molecular flexibility index (Phi) is 14.1. The lowest BCUT2D eigenvalue weighted by Crippen LogP contribution is -2.32. The van der Waals surface area contributed by atoms with Crippen molar-refractivity contribution in [2.75, 3.05) is 10.2 Å². The Morgan fingerprint density at radius 1 is 0.896 bits per heavy atom. The number of carbonyl (C=O) groups excluding carboxylic acids is 2. The first-order valence-corrected chi connectivity index (χ1v) is 17.4. The summed E-state index contributed by atoms with van der Waals surface area (Å²) in [6.45, 7) is 4.04. The molecule has 2 N–H and O–H groups in total. The Hall–Kier alpha value is -3.63. The second-order valence-electron chi connectivity index (χ2n) is 11.3. The third kappa shape index (κ3) is 10.2. The SMILES string of the molecule is CCCCCCCC(CCC(C)Cl)OC(=O)N(c1ccccc1)c1[nH]n(-c2c(Cl)cc(Cl)cc2Cl)c(=O)c1OC(=O)Nc1ccccc1. The summed E-state index contributed by atoms with van der Waals surface area (Å²) in [5.41, 5.74) is -0.0468. The summed E-state index contributed by atoms with van der Waals surface area (Å²) >= 11 is 25.4. The van der Waals surface area contributed by atoms with E-state index in [0.29, 0.717) is 30.6 Å². The molecule has 1 aromatic heterocycles. The van der Waals surface area contributed by atoms with Crippen molar-refractivity contribution in [2.24, 2.45) is 0 Å². The number of nitrogens with zero attached hydrogens (tertiary/aromatic N) is 2. The third-order valence-corrected chi connectivity index (χ3v) is 8.47. The molecule has 13 heteroatoms. The third-order valence-electron chi connectivity index (χ3n) is 7.45. The number of carbonyl (C=O) groups is 2. The van der Waals surface area contributed by atoms with Gasteiger partial charge in [0.2, 0.25) is 5.75 Å². The van der Waals surface area contributed by atoms with Crippen LogP contribution in [0.1, 0.15) is 65.2 Å². The minimum absolute atomic E-state index is 0.0368. The molecule has 0 saturated carbocycles. The van der Waals surface area contributed by atoms with Crippen LogP contribution >= 0.6 is 46.4 Å². The molecule has 4 aromatic rings. The van der Waals surface area contributed by atoms with Gasteiger partial charge in [0.25, 0.3) is 0 Å². The zero-order valence-corrected chi connectivity index (χ0v) is 29.7. The van der Waals surface area contributed by atoms with Gasteiger partial charge in [0.05, 0.1) is 15.7 Å². The first kappa shape index (κ1) is 37.2. The van der Waals surface area contributed by atoms with Gasteiger partial charge in [0.15, 0.2) is 5.82 Å². The molecule has 2 unspecified atom stereocenters. The van der Waals surface area contributed by atoms with Crippen molar-refractivity contribution in [3.05, 3.63) is 98.2 Å². The van der Waals surface area contributed by atoms with Crippen LogP contribution in [0, 0.1) is 0 Å². The zero-order valence-electron chi connectivity index (χ0n) is 26.7. The molecule has 0 aliphatic heterocycles. The average Bonchev–Trinajstić information content (AvgIpc) is 3.34. The monoisotopic (exact) mass is 734 g/mol. The lowest BCUT2D eigenvalue weighted by Gasteiger charge is -2.25. The lowest BCUT2D eigenvalue weighted by molar-refractivity contribution is 0.0923. The van der Waals surface area contributed by atoms with Gasteiger partial charge in [-0.3, -0.25) is 15.2 Å². The molecule has 0 radical (unpaired) electrons. The number of benzene rings is 3. The van der Waals surface area contributed by atoms with Gasteiger partial charge in [-0.05, 0) is 69.0 Å². The Morgan fingerprint density at radius 2 is 1.52 bits per heavy atom. The second kappa shape index (κ2) is 18.2. The Balaban J connectivity index is 1.79. The average molecular weight is 737 g/mol. The van der Waals surface area contributed by atoms with E-state index in [4.69, 9.17) is 55.9 Å². The molecule has 0 aliphatic rings. The van der Waals surface area contributed by atoms with E-state index in [1.165, 1.54) is 12.1 Å². The van der Waals surface area contributed by atoms with Crippen LogP contribution in [0.5, 0.6) is 5.75 Å². The maximum Gasteiger partial charge on any atom is 0.420 e. The van der Waals surface area contributed by atoms with Crippen LogP contribution in [-0.2, 0) is 4.74 Å². The van der Waals surface area contributed by atoms with Crippen molar-refractivity contribution in [1.82, 2.24) is 9.78 Å². The fraction of sp³-hybridized carbons (Fsp3) is 0.343. The topological polar surface area (TPSA) is 106 Å². The van der Waals surface area contributed by atoms with Gasteiger partial charge in [-0.15, -0.1) is 11.6 Å². The number of para-hydroxylation sites is 2. The largest absolute Gasteiger partial charge is 0.446 e. The van der Waals surface area contributed by atoms with Crippen molar-refractivity contribution in [2.45, 2.75) is 76.7 Å². The van der Waals surface area contributed by atoms with Crippen LogP contribution in [-0.4, -0.2) is 33.4 Å². The molecular weight excluding hydrogens is 698 g/mol. The highest BCUT2D eigenvalue weighted by atomic mass is 35.5. The second-order valence-corrected chi connectivity index (χ2v) is 13.3. The van der Waals surface area contributed by atoms with Crippen molar-refractivity contribution >= 4 is 75.8 Å². The number of hydrogen-bond acceptors (Lipinski definition) is 5. The van der Waals surface area contributed by atoms with E-state index in [1.807, 2.05) is 6.92 Å². The molecular formula is C35H38Cl4N4O5. The van der Waals surface area contributed by atoms with E-state index in [0.717, 1.165) is 41.7 Å². The zero-order chi connectivity index (χ0) is 34.6. The summed E-state index contributed by atoms with van der Waals surface area (Å²) in [6, 6.07) is 19.9. The fourth-order valence-corrected chi connectivity index (χ4v) is 6.18. The molecule has 0 fully saturated rings. The van der Waals surface area contributed by atoms with Gasteiger partial charge in [0, 0.05) is 16.1 Å². The maximum absolute atomic E-state index is 14.2. The van der Waals surface area contributed by atoms with E-state index in [2.05, 4.69) is 17.3 Å². The molecule has 0 spiro atoms. The first-order valence-electron chi connectivity index (χ1n) is 15.8. The van der Waals surface area contributed by atoms with Gasteiger partial charge in [-0.1, -0.05) is 104 Å². The number of aromatic amines is 1. The summed E-state index contributed by atoms with van der Waals surface area (Å²) in [6.07, 6.45) is 4.82. The molecule has 256 valence electrons. The van der Waals surface area contributed by atoms with Gasteiger partial charge in [0.1, 0.15) is 11.8 Å². The number of aromatic nitrogens is 2. The summed E-state index contributed by atoms with van der Waals surface area (Å²) in [4.78, 5) is 42.5. The normalized spacial score (nSPS) is 12.3. The number of ether oxygens (including phenoxy) is 2. The van der Waals surface area contributed by atoms with Crippen LogP contribution < -0.4 is 20.5 Å². The number of nitrogens with one attached hydrogen (secondary N) is 2. The van der Waals surface area contributed by atoms with Crippen LogP contribution in [0.4, 0.5) is 26.8 Å². The highest BCUT2D eigenvalue weighted by Gasteiger charge is 2.32. The van der Waals surface area contributed by atoms with Crippen molar-refractivity contribution in [1.29, 1.82) is 0 Å². The number of hydrogen-bond donors (Lipinski definition) is 2. The smallest absolute Gasteiger partial charge is 0.420 e. The number of rotatable bonds is 15. The molecule has 9 nitrogen and oxygen atoms in total. The van der Waals surface area contributed by atoms with Crippen molar-refractivity contribution < 1.29 is 19.1 Å². The van der Waals surface area contributed by atoms with E-state index < -0.39 is 29.6 Å². The highest BCUT2D eigenvalue weighted by molar-refractivity contribution is 6.40. The minimum Gasteiger partial charge on any atom is -0.446 e.